The number of nitrogens with zero attached hydrogens (tertiary/aromatic N) is 1. The fraction of sp³-hybridized carbons (Fsp3) is 0.350. The molecule has 1 aliphatic rings. The maximum atomic E-state index is 12.8. The fourth-order valence-corrected chi connectivity index (χ4v) is 4.21. The van der Waals surface area contributed by atoms with Crippen molar-refractivity contribution in [2.75, 3.05) is 17.8 Å². The molecule has 1 fully saturated rings. The number of aryl methyl sites for hydroxylation is 1. The van der Waals surface area contributed by atoms with Crippen LogP contribution in [0.2, 0.25) is 0 Å². The largest absolute Gasteiger partial charge is 0.339 e. The van der Waals surface area contributed by atoms with E-state index in [1.807, 2.05) is 6.92 Å². The molecule has 5 nitrogen and oxygen atoms in total. The lowest BCUT2D eigenvalue weighted by molar-refractivity contribution is 0.0725. The van der Waals surface area contributed by atoms with E-state index in [0.29, 0.717) is 11.3 Å². The summed E-state index contributed by atoms with van der Waals surface area (Å²) in [7, 11) is -3.75. The summed E-state index contributed by atoms with van der Waals surface area (Å²) in [4.78, 5) is 14.8. The van der Waals surface area contributed by atoms with Gasteiger partial charge in [0.25, 0.3) is 15.9 Å². The van der Waals surface area contributed by atoms with Crippen molar-refractivity contribution in [1.29, 1.82) is 0 Å². The molecule has 0 aromatic heterocycles. The van der Waals surface area contributed by atoms with Crippen LogP contribution in [0.15, 0.2) is 53.4 Å². The van der Waals surface area contributed by atoms with E-state index < -0.39 is 10.0 Å². The van der Waals surface area contributed by atoms with Gasteiger partial charge in [0.05, 0.1) is 16.1 Å². The molecule has 0 spiro atoms. The number of carbonyl (C=O) groups is 1. The predicted octanol–water partition coefficient (Wildman–Crippen LogP) is 3.68. The van der Waals surface area contributed by atoms with E-state index >= 15 is 0 Å². The van der Waals surface area contributed by atoms with Crippen molar-refractivity contribution >= 4 is 21.6 Å². The number of benzene rings is 2. The van der Waals surface area contributed by atoms with Gasteiger partial charge in [-0.3, -0.25) is 9.52 Å². The Labute approximate surface area is 155 Å². The van der Waals surface area contributed by atoms with Gasteiger partial charge in [-0.2, -0.15) is 0 Å². The lowest BCUT2D eigenvalue weighted by atomic mass is 10.1. The van der Waals surface area contributed by atoms with Gasteiger partial charge in [0.2, 0.25) is 0 Å². The summed E-state index contributed by atoms with van der Waals surface area (Å²) in [6, 6.07) is 13.6. The SMILES string of the molecule is CCc1ccc(S(=O)(=O)Nc2ccccc2C(=O)N2CCCCC2)cc1. The molecule has 26 heavy (non-hydrogen) atoms. The van der Waals surface area contributed by atoms with E-state index in [4.69, 9.17) is 0 Å². The van der Waals surface area contributed by atoms with Crippen LogP contribution in [0.3, 0.4) is 0 Å². The number of rotatable bonds is 5. The van der Waals surface area contributed by atoms with Crippen molar-refractivity contribution in [2.24, 2.45) is 0 Å². The quantitative estimate of drug-likeness (QED) is 0.871. The van der Waals surface area contributed by atoms with Crippen molar-refractivity contribution in [3.63, 3.8) is 0 Å². The highest BCUT2D eigenvalue weighted by Crippen LogP contribution is 2.23. The van der Waals surface area contributed by atoms with Gasteiger partial charge in [-0.1, -0.05) is 31.2 Å². The summed E-state index contributed by atoms with van der Waals surface area (Å²) in [5, 5.41) is 0. The molecule has 1 N–H and O–H groups in total. The first-order valence-corrected chi connectivity index (χ1v) is 10.5. The van der Waals surface area contributed by atoms with Gasteiger partial charge in [0, 0.05) is 13.1 Å². The van der Waals surface area contributed by atoms with Crippen LogP contribution in [0, 0.1) is 0 Å². The average molecular weight is 372 g/mol. The second-order valence-electron chi connectivity index (χ2n) is 6.50. The molecule has 0 radical (unpaired) electrons. The molecule has 0 bridgehead atoms. The third-order valence-electron chi connectivity index (χ3n) is 4.69. The standard InChI is InChI=1S/C20H24N2O3S/c1-2-16-10-12-17(13-11-16)26(24,25)21-19-9-5-4-8-18(19)20(23)22-14-6-3-7-15-22/h4-5,8-13,21H,2-3,6-7,14-15H2,1H3. The van der Waals surface area contributed by atoms with E-state index in [-0.39, 0.29) is 10.8 Å². The summed E-state index contributed by atoms with van der Waals surface area (Å²) in [5.41, 5.74) is 1.79. The maximum absolute atomic E-state index is 12.8. The number of anilines is 1. The van der Waals surface area contributed by atoms with Gasteiger partial charge in [-0.15, -0.1) is 0 Å². The molecule has 1 amide bonds. The number of hydrogen-bond donors (Lipinski definition) is 1. The van der Waals surface area contributed by atoms with Gasteiger partial charge in [-0.05, 0) is 55.5 Å². The van der Waals surface area contributed by atoms with Crippen LogP contribution in [0.25, 0.3) is 0 Å². The highest BCUT2D eigenvalue weighted by molar-refractivity contribution is 7.92. The molecular formula is C20H24N2O3S. The minimum Gasteiger partial charge on any atom is -0.339 e. The molecule has 3 rings (SSSR count). The minimum atomic E-state index is -3.75. The number of nitrogens with one attached hydrogen (secondary N) is 1. The number of piperidine rings is 1. The molecule has 1 heterocycles. The van der Waals surface area contributed by atoms with E-state index in [1.165, 1.54) is 0 Å². The van der Waals surface area contributed by atoms with Crippen molar-refractivity contribution in [1.82, 2.24) is 4.90 Å². The second-order valence-corrected chi connectivity index (χ2v) is 8.18. The molecule has 0 aliphatic carbocycles. The number of carbonyl (C=O) groups excluding carboxylic acids is 1. The topological polar surface area (TPSA) is 66.5 Å². The number of hydrogen-bond acceptors (Lipinski definition) is 3. The van der Waals surface area contributed by atoms with Crippen molar-refractivity contribution < 1.29 is 13.2 Å². The molecule has 0 unspecified atom stereocenters. The average Bonchev–Trinajstić information content (AvgIpc) is 2.68. The molecule has 2 aromatic carbocycles. The van der Waals surface area contributed by atoms with Crippen molar-refractivity contribution in [3.05, 3.63) is 59.7 Å². The zero-order chi connectivity index (χ0) is 18.6. The van der Waals surface area contributed by atoms with E-state index in [2.05, 4.69) is 4.72 Å². The summed E-state index contributed by atoms with van der Waals surface area (Å²) < 4.78 is 28.0. The van der Waals surface area contributed by atoms with Crippen LogP contribution >= 0.6 is 0 Å². The van der Waals surface area contributed by atoms with E-state index in [1.54, 1.807) is 53.4 Å². The number of likely N-dealkylation sites (tertiary alicyclic amines) is 1. The minimum absolute atomic E-state index is 0.121. The van der Waals surface area contributed by atoms with Crippen LogP contribution in [-0.2, 0) is 16.4 Å². The first-order chi connectivity index (χ1) is 12.5. The molecule has 1 aliphatic heterocycles. The first kappa shape index (κ1) is 18.5. The van der Waals surface area contributed by atoms with Gasteiger partial charge < -0.3 is 4.90 Å². The predicted molar refractivity (Wildman–Crippen MR) is 103 cm³/mol. The lowest BCUT2D eigenvalue weighted by Crippen LogP contribution is -2.36. The lowest BCUT2D eigenvalue weighted by Gasteiger charge is -2.27. The normalized spacial score (nSPS) is 14.9. The highest BCUT2D eigenvalue weighted by Gasteiger charge is 2.23. The number of sulfonamides is 1. The number of amides is 1. The van der Waals surface area contributed by atoms with E-state index in [9.17, 15) is 13.2 Å². The maximum Gasteiger partial charge on any atom is 0.261 e. The summed E-state index contributed by atoms with van der Waals surface area (Å²) in [5.74, 6) is -0.121. The molecule has 0 saturated carbocycles. The Morgan fingerprint density at radius 3 is 2.31 bits per heavy atom. The molecule has 138 valence electrons. The summed E-state index contributed by atoms with van der Waals surface area (Å²) in [6.07, 6.45) is 3.96. The Morgan fingerprint density at radius 1 is 1.00 bits per heavy atom. The second kappa shape index (κ2) is 7.91. The Morgan fingerprint density at radius 2 is 1.65 bits per heavy atom. The van der Waals surface area contributed by atoms with E-state index in [0.717, 1.165) is 44.3 Å². The Hall–Kier alpha value is -2.34. The Bertz CT molecular complexity index is 870. The third kappa shape index (κ3) is 4.07. The van der Waals surface area contributed by atoms with Gasteiger partial charge >= 0.3 is 0 Å². The van der Waals surface area contributed by atoms with Crippen LogP contribution in [0.1, 0.15) is 42.1 Å². The van der Waals surface area contributed by atoms with Crippen LogP contribution in [0.5, 0.6) is 0 Å². The first-order valence-electron chi connectivity index (χ1n) is 9.01. The highest BCUT2D eigenvalue weighted by atomic mass is 32.2. The van der Waals surface area contributed by atoms with Crippen LogP contribution < -0.4 is 4.72 Å². The van der Waals surface area contributed by atoms with Crippen LogP contribution in [-0.4, -0.2) is 32.3 Å². The van der Waals surface area contributed by atoms with Gasteiger partial charge in [-0.25, -0.2) is 8.42 Å². The van der Waals surface area contributed by atoms with Crippen molar-refractivity contribution in [2.45, 2.75) is 37.5 Å². The van der Waals surface area contributed by atoms with Gasteiger partial charge in [0.15, 0.2) is 0 Å². The third-order valence-corrected chi connectivity index (χ3v) is 6.07. The number of para-hydroxylation sites is 1. The molecule has 6 heteroatoms. The summed E-state index contributed by atoms with van der Waals surface area (Å²) in [6.45, 7) is 3.46. The monoisotopic (exact) mass is 372 g/mol. The molecular weight excluding hydrogens is 348 g/mol. The van der Waals surface area contributed by atoms with Crippen LogP contribution in [0.4, 0.5) is 5.69 Å². The Kier molecular flexibility index (Phi) is 5.61. The van der Waals surface area contributed by atoms with Crippen molar-refractivity contribution in [3.8, 4) is 0 Å². The fourth-order valence-electron chi connectivity index (χ4n) is 3.13. The van der Waals surface area contributed by atoms with Gasteiger partial charge in [0.1, 0.15) is 0 Å². The Balaban J connectivity index is 1.86. The zero-order valence-electron chi connectivity index (χ0n) is 14.9. The molecule has 0 atom stereocenters. The zero-order valence-corrected chi connectivity index (χ0v) is 15.8. The molecule has 2 aromatic rings. The summed E-state index contributed by atoms with van der Waals surface area (Å²) >= 11 is 0. The smallest absolute Gasteiger partial charge is 0.261 e. The molecule has 1 saturated heterocycles.